The van der Waals surface area contributed by atoms with E-state index in [1.165, 1.54) is 0 Å². The van der Waals surface area contributed by atoms with Gasteiger partial charge in [-0.2, -0.15) is 9.97 Å². The lowest BCUT2D eigenvalue weighted by molar-refractivity contribution is -0.244. The van der Waals surface area contributed by atoms with Crippen molar-refractivity contribution in [1.29, 1.82) is 0 Å². The second-order valence-electron chi connectivity index (χ2n) is 10.6. The molecule has 4 unspecified atom stereocenters. The molecule has 7 rings (SSSR count). The number of rotatable bonds is 2. The molecule has 10 N–H and O–H groups in total. The van der Waals surface area contributed by atoms with Crippen molar-refractivity contribution in [3.63, 3.8) is 0 Å². The van der Waals surface area contributed by atoms with E-state index in [4.69, 9.17) is 63.5 Å². The van der Waals surface area contributed by atoms with Crippen LogP contribution in [0.1, 0.15) is 12.5 Å². The van der Waals surface area contributed by atoms with Crippen molar-refractivity contribution >= 4 is 74.3 Å². The van der Waals surface area contributed by atoms with E-state index in [1.807, 2.05) is 0 Å². The van der Waals surface area contributed by atoms with Crippen molar-refractivity contribution in [1.82, 2.24) is 39.0 Å². The van der Waals surface area contributed by atoms with Crippen LogP contribution in [0.25, 0.3) is 22.3 Å². The molecule has 0 aliphatic carbocycles. The molecule has 0 bridgehead atoms. The number of phosphoric acid groups is 2. The molecule has 3 saturated heterocycles. The SMILES string of the molecule is Nc1nc2c([nH]c(=S)n2[C@@H]2O[C@@H]3COP(=O)([O-])OC4[C@@H](COP(=O)([O-])O[C@@H]3C2O)O[C@@H](n2c(=S)[nH]c3c(=O)[nH]c(N)nc32)[C@H]4O)c(=O)[nH]1. The molecule has 260 valence electrons. The summed E-state index contributed by atoms with van der Waals surface area (Å²) < 4.78 is 59.4. The number of aromatic nitrogens is 8. The fourth-order valence-corrected chi connectivity index (χ4v) is 8.10. The Morgan fingerprint density at radius 1 is 0.750 bits per heavy atom. The monoisotopic (exact) mass is 752 g/mol. The Morgan fingerprint density at radius 3 is 1.50 bits per heavy atom. The van der Waals surface area contributed by atoms with E-state index < -0.39 is 89.1 Å². The normalized spacial score (nSPS) is 36.1. The molecule has 0 radical (unpaired) electrons. The summed E-state index contributed by atoms with van der Waals surface area (Å²) in [6, 6.07) is 0. The number of nitrogens with two attached hydrogens (primary N) is 2. The van der Waals surface area contributed by atoms with Crippen molar-refractivity contribution < 1.29 is 56.7 Å². The maximum atomic E-state index is 13.1. The van der Waals surface area contributed by atoms with Gasteiger partial charge in [0.1, 0.15) is 36.6 Å². The molecule has 3 aliphatic rings. The van der Waals surface area contributed by atoms with Crippen LogP contribution in [0, 0.1) is 9.54 Å². The topological polar surface area (TPSA) is 361 Å². The van der Waals surface area contributed by atoms with E-state index in [0.717, 1.165) is 9.13 Å². The average Bonchev–Trinajstić information content (AvgIpc) is 3.67. The molecule has 28 heteroatoms. The molecular weight excluding hydrogens is 730 g/mol. The Labute approximate surface area is 273 Å². The lowest BCUT2D eigenvalue weighted by Gasteiger charge is -2.34. The van der Waals surface area contributed by atoms with Gasteiger partial charge in [-0.05, 0) is 24.4 Å². The number of ether oxygens (including phenoxy) is 2. The third-order valence-corrected chi connectivity index (χ3v) is 10.1. The van der Waals surface area contributed by atoms with Gasteiger partial charge in [0.05, 0.1) is 13.2 Å². The van der Waals surface area contributed by atoms with Crippen molar-refractivity contribution in [2.75, 3.05) is 24.7 Å². The summed E-state index contributed by atoms with van der Waals surface area (Å²) in [6.07, 6.45) is -14.1. The zero-order valence-electron chi connectivity index (χ0n) is 23.5. The van der Waals surface area contributed by atoms with Crippen molar-refractivity contribution in [3.05, 3.63) is 30.2 Å². The van der Waals surface area contributed by atoms with Gasteiger partial charge in [-0.15, -0.1) is 0 Å². The Morgan fingerprint density at radius 2 is 1.12 bits per heavy atom. The first-order valence-electron chi connectivity index (χ1n) is 13.5. The molecular formula is C20H22N10O14P2S2-2. The van der Waals surface area contributed by atoms with Crippen LogP contribution in [0.4, 0.5) is 11.9 Å². The number of nitrogens with zero attached hydrogens (tertiary/aromatic N) is 4. The smallest absolute Gasteiger partial charge is 0.278 e. The molecule has 7 heterocycles. The molecule has 4 aromatic heterocycles. The number of nitrogens with one attached hydrogen (secondary N) is 4. The highest BCUT2D eigenvalue weighted by atomic mass is 32.1. The summed E-state index contributed by atoms with van der Waals surface area (Å²) in [5.74, 6) is -0.650. The highest BCUT2D eigenvalue weighted by molar-refractivity contribution is 7.71. The van der Waals surface area contributed by atoms with Crippen LogP contribution in [0.2, 0.25) is 0 Å². The number of hydrogen-bond donors (Lipinski definition) is 8. The maximum absolute atomic E-state index is 13.1. The highest BCUT2D eigenvalue weighted by Gasteiger charge is 2.52. The zero-order valence-corrected chi connectivity index (χ0v) is 26.9. The Kier molecular flexibility index (Phi) is 8.12. The minimum Gasteiger partial charge on any atom is -0.756 e. The largest absolute Gasteiger partial charge is 0.756 e. The molecule has 3 aliphatic heterocycles. The Bertz CT molecular complexity index is 2130. The third kappa shape index (κ3) is 5.67. The first-order valence-corrected chi connectivity index (χ1v) is 17.2. The molecule has 24 nitrogen and oxygen atoms in total. The van der Waals surface area contributed by atoms with Gasteiger partial charge in [0, 0.05) is 0 Å². The summed E-state index contributed by atoms with van der Waals surface area (Å²) in [6.45, 7) is -2.00. The Hall–Kier alpha value is -3.20. The molecule has 0 aromatic carbocycles. The molecule has 3 fully saturated rings. The minimum absolute atomic E-state index is 0.160. The van der Waals surface area contributed by atoms with Crippen LogP contribution in [0.3, 0.4) is 0 Å². The van der Waals surface area contributed by atoms with E-state index >= 15 is 0 Å². The van der Waals surface area contributed by atoms with Crippen LogP contribution in [-0.2, 0) is 36.7 Å². The van der Waals surface area contributed by atoms with E-state index in [0.29, 0.717) is 0 Å². The summed E-state index contributed by atoms with van der Waals surface area (Å²) >= 11 is 10.5. The second-order valence-corrected chi connectivity index (χ2v) is 14.1. The number of fused-ring (bicyclic) bond motifs is 4. The summed E-state index contributed by atoms with van der Waals surface area (Å²) in [5.41, 5.74) is 9.15. The van der Waals surface area contributed by atoms with Gasteiger partial charge in [0.15, 0.2) is 44.3 Å². The van der Waals surface area contributed by atoms with Crippen LogP contribution in [0.5, 0.6) is 0 Å². The standard InChI is InChI=1S/C20H24N10O14P2S2/c21-17-25-11-5(13(33)27-17)23-19(47)29(11)15-7(31)9-3(41-15)1-39-45(35,36)44-10-4(2-40-46(37,38)43-9)42-16(8(10)32)30-12-6(24-20(30)48)14(34)28-18(22)26-12/h3-4,7-10,15-16,31-32H,1-2H2,(H,23,47)(H,24,48)(H,35,36)(H,37,38)(H3,21,25,27,33)(H3,22,26,28,34)/p-2/t3-,4-,7+,8?,9?,10+,15-,16-/m1/s1. The molecule has 10 atom stereocenters. The number of aliphatic hydroxyl groups excluding tert-OH is 2. The van der Waals surface area contributed by atoms with E-state index in [1.54, 1.807) is 0 Å². The second kappa shape index (κ2) is 11.7. The van der Waals surface area contributed by atoms with Crippen molar-refractivity contribution in [3.8, 4) is 0 Å². The van der Waals surface area contributed by atoms with Gasteiger partial charge in [-0.1, -0.05) is 0 Å². The third-order valence-electron chi connectivity index (χ3n) is 7.62. The van der Waals surface area contributed by atoms with Crippen LogP contribution in [-0.4, -0.2) is 99.1 Å². The van der Waals surface area contributed by atoms with Gasteiger partial charge in [0.2, 0.25) is 11.9 Å². The lowest BCUT2D eigenvalue weighted by atomic mass is 10.1. The first-order chi connectivity index (χ1) is 22.5. The summed E-state index contributed by atoms with van der Waals surface area (Å²) in [5, 5.41) is 22.4. The molecule has 48 heavy (non-hydrogen) atoms. The number of nitrogen functional groups attached to an aromatic ring is 2. The van der Waals surface area contributed by atoms with Crippen LogP contribution >= 0.6 is 40.1 Å². The summed E-state index contributed by atoms with van der Waals surface area (Å²) in [4.78, 5) is 68.4. The number of aliphatic hydroxyl groups is 2. The first kappa shape index (κ1) is 33.3. The number of aromatic amines is 4. The van der Waals surface area contributed by atoms with Crippen LogP contribution < -0.4 is 32.4 Å². The summed E-state index contributed by atoms with van der Waals surface area (Å²) in [7, 11) is -10.8. The quantitative estimate of drug-likeness (QED) is 0.0747. The van der Waals surface area contributed by atoms with Gasteiger partial charge < -0.3 is 69.0 Å². The molecule has 0 amide bonds. The number of hydrogen-bond acceptors (Lipinski definition) is 20. The molecule has 0 saturated carbocycles. The van der Waals surface area contributed by atoms with Gasteiger partial charge in [-0.3, -0.25) is 37.8 Å². The average molecular weight is 753 g/mol. The number of phosphoric ester groups is 2. The number of anilines is 2. The predicted octanol–water partition coefficient (Wildman–Crippen LogP) is -2.99. The Balaban J connectivity index is 1.20. The van der Waals surface area contributed by atoms with Gasteiger partial charge >= 0.3 is 0 Å². The van der Waals surface area contributed by atoms with E-state index in [-0.39, 0.29) is 43.8 Å². The van der Waals surface area contributed by atoms with Gasteiger partial charge in [-0.25, -0.2) is 0 Å². The van der Waals surface area contributed by atoms with Crippen LogP contribution in [0.15, 0.2) is 9.59 Å². The predicted molar refractivity (Wildman–Crippen MR) is 157 cm³/mol. The van der Waals surface area contributed by atoms with E-state index in [2.05, 4.69) is 29.9 Å². The van der Waals surface area contributed by atoms with Crippen molar-refractivity contribution in [2.24, 2.45) is 0 Å². The molecule has 0 spiro atoms. The van der Waals surface area contributed by atoms with Gasteiger partial charge in [0.25, 0.3) is 26.8 Å². The maximum Gasteiger partial charge on any atom is 0.278 e. The fourth-order valence-electron chi connectivity index (χ4n) is 5.61. The lowest BCUT2D eigenvalue weighted by Crippen LogP contribution is -2.41. The number of H-pyrrole nitrogens is 4. The highest BCUT2D eigenvalue weighted by Crippen LogP contribution is 2.51. The number of imidazole rings is 2. The molecule has 4 aromatic rings. The fraction of sp³-hybridized carbons (Fsp3) is 0.500. The van der Waals surface area contributed by atoms with E-state index in [9.17, 15) is 38.7 Å². The van der Waals surface area contributed by atoms with Crippen molar-refractivity contribution in [2.45, 2.75) is 49.1 Å². The zero-order chi connectivity index (χ0) is 34.4. The minimum atomic E-state index is -5.42.